The normalized spacial score (nSPS) is 12.1. The predicted octanol–water partition coefficient (Wildman–Crippen LogP) is 11.2. The van der Waals surface area contributed by atoms with Gasteiger partial charge in [0.05, 0.1) is 11.5 Å². The second kappa shape index (κ2) is 16.7. The summed E-state index contributed by atoms with van der Waals surface area (Å²) < 4.78 is 13.0. The third-order valence-corrected chi connectivity index (χ3v) is 10.8. The molecule has 0 unspecified atom stereocenters. The molecule has 0 saturated carbocycles. The molecule has 0 bridgehead atoms. The largest absolute Gasteiger partial charge is 0.378 e. The molecule has 0 heterocycles. The Balaban J connectivity index is -0.000000447. The summed E-state index contributed by atoms with van der Waals surface area (Å²) in [6, 6.07) is 9.44. The maximum absolute atomic E-state index is 6.51. The second-order valence-electron chi connectivity index (χ2n) is 13.8. The molecule has 0 spiro atoms. The molecule has 1 rings (SSSR count). The van der Waals surface area contributed by atoms with Gasteiger partial charge in [0, 0.05) is 20.1 Å². The zero-order valence-corrected chi connectivity index (χ0v) is 31.0. The van der Waals surface area contributed by atoms with E-state index in [4.69, 9.17) is 9.05 Å². The SMILES string of the molecule is C=C.C=CC(C)(C)C.CC(C)(C)[PH+](Oc1[c-]c(O[PH+](C(C)(C)C)C(C)(C)C)ccc1)C(C)(C)C.[CH3-].[Ir]. The van der Waals surface area contributed by atoms with Crippen molar-refractivity contribution in [3.63, 3.8) is 0 Å². The summed E-state index contributed by atoms with van der Waals surface area (Å²) in [5, 5.41) is 0.553. The molecule has 1 aromatic rings. The molecule has 1 aromatic carbocycles. The van der Waals surface area contributed by atoms with Gasteiger partial charge in [-0.15, -0.1) is 31.9 Å². The summed E-state index contributed by atoms with van der Waals surface area (Å²) in [5.41, 5.74) is 0.306. The number of allylic oxidation sites excluding steroid dienone is 1. The van der Waals surface area contributed by atoms with Crippen molar-refractivity contribution in [2.45, 2.75) is 124 Å². The van der Waals surface area contributed by atoms with Crippen LogP contribution in [-0.2, 0) is 20.1 Å². The van der Waals surface area contributed by atoms with Gasteiger partial charge in [0.15, 0.2) is 16.3 Å². The maximum atomic E-state index is 6.51. The van der Waals surface area contributed by atoms with Crippen LogP contribution < -0.4 is 9.05 Å². The topological polar surface area (TPSA) is 18.5 Å². The van der Waals surface area contributed by atoms with Crippen LogP contribution in [0.25, 0.3) is 0 Å². The van der Waals surface area contributed by atoms with E-state index in [2.05, 4.69) is 130 Å². The van der Waals surface area contributed by atoms with Crippen LogP contribution in [0, 0.1) is 18.9 Å². The van der Waals surface area contributed by atoms with E-state index in [1.165, 1.54) is 0 Å². The average Bonchev–Trinajstić information content (AvgIpc) is 2.62. The van der Waals surface area contributed by atoms with Crippen LogP contribution in [0.2, 0.25) is 0 Å². The average molecular weight is 719 g/mol. The van der Waals surface area contributed by atoms with Gasteiger partial charge in [0.2, 0.25) is 0 Å². The molecule has 0 fully saturated rings. The van der Waals surface area contributed by atoms with Crippen molar-refractivity contribution in [3.8, 4) is 11.5 Å². The molecule has 0 saturated heterocycles. The quantitative estimate of drug-likeness (QED) is 0.175. The fourth-order valence-electron chi connectivity index (χ4n) is 3.63. The Labute approximate surface area is 243 Å². The van der Waals surface area contributed by atoms with E-state index in [1.54, 1.807) is 0 Å². The van der Waals surface area contributed by atoms with Crippen LogP contribution in [0.1, 0.15) is 104 Å². The molecular weight excluding hydrogens is 659 g/mol. The molecule has 0 amide bonds. The number of hydrogen-bond donors (Lipinski definition) is 0. The van der Waals surface area contributed by atoms with Gasteiger partial charge in [-0.3, -0.25) is 0 Å². The van der Waals surface area contributed by atoms with Gasteiger partial charge in [-0.1, -0.05) is 32.9 Å². The van der Waals surface area contributed by atoms with E-state index < -0.39 is 16.3 Å². The monoisotopic (exact) mass is 719 g/mol. The smallest absolute Gasteiger partial charge is 0.185 e. The number of hydrogen-bond acceptors (Lipinski definition) is 2. The zero-order chi connectivity index (χ0) is 27.8. The van der Waals surface area contributed by atoms with Crippen LogP contribution >= 0.6 is 16.3 Å². The van der Waals surface area contributed by atoms with E-state index >= 15 is 0 Å². The van der Waals surface area contributed by atoms with Gasteiger partial charge in [0.25, 0.3) is 0 Å². The summed E-state index contributed by atoms with van der Waals surface area (Å²) in [6.07, 6.45) is 1.94. The summed E-state index contributed by atoms with van der Waals surface area (Å²) in [5.74, 6) is 1.62. The molecule has 2 nitrogen and oxygen atoms in total. The first-order valence-corrected chi connectivity index (χ1v) is 15.1. The molecule has 0 atom stereocenters. The molecule has 36 heavy (non-hydrogen) atoms. The van der Waals surface area contributed by atoms with Crippen molar-refractivity contribution in [2.24, 2.45) is 5.41 Å². The molecule has 0 aliphatic rings. The molecule has 215 valence electrons. The van der Waals surface area contributed by atoms with Crippen molar-refractivity contribution < 1.29 is 29.2 Å². The van der Waals surface area contributed by atoms with Gasteiger partial charge < -0.3 is 16.5 Å². The zero-order valence-electron chi connectivity index (χ0n) is 26.6. The Bertz CT molecular complexity index is 650. The summed E-state index contributed by atoms with van der Waals surface area (Å²) in [6.45, 7) is 43.3. The Morgan fingerprint density at radius 2 is 0.861 bits per heavy atom. The summed E-state index contributed by atoms with van der Waals surface area (Å²) >= 11 is 0. The van der Waals surface area contributed by atoms with Crippen molar-refractivity contribution in [1.29, 1.82) is 0 Å². The molecule has 5 heteroatoms. The van der Waals surface area contributed by atoms with Crippen LogP contribution in [0.4, 0.5) is 0 Å². The minimum Gasteiger partial charge on any atom is -0.378 e. The van der Waals surface area contributed by atoms with Gasteiger partial charge in [-0.25, -0.2) is 0 Å². The molecule has 0 aliphatic carbocycles. The first kappa shape index (κ1) is 42.9. The van der Waals surface area contributed by atoms with E-state index in [9.17, 15) is 0 Å². The number of rotatable bonds is 4. The standard InChI is InChI=1S/C22H39O2P2.C6H12.C2H4.CH3.Ir/c1-19(2,3)25(20(4,5)6)23-17-14-13-15-18(16-17)24-26(21(7,8)9)22(10,11)12;1-5-6(2,3)4;1-2;;/h13-15H,1-12H3;5H,1H2,2-4H3;1-2H2;1H3;/q-1;;;-1;/p+2. The van der Waals surface area contributed by atoms with Crippen molar-refractivity contribution in [2.75, 3.05) is 0 Å². The molecular formula is C31H60IrO2P2. The molecule has 0 aliphatic heterocycles. The minimum atomic E-state index is -1.11. The minimum absolute atomic E-state index is 0. The van der Waals surface area contributed by atoms with Gasteiger partial charge in [-0.2, -0.15) is 6.07 Å². The van der Waals surface area contributed by atoms with E-state index in [1.807, 2.05) is 24.3 Å². The maximum Gasteiger partial charge on any atom is 0.185 e. The predicted molar refractivity (Wildman–Crippen MR) is 169 cm³/mol. The summed E-state index contributed by atoms with van der Waals surface area (Å²) in [7, 11) is -2.21. The summed E-state index contributed by atoms with van der Waals surface area (Å²) in [4.78, 5) is 0. The van der Waals surface area contributed by atoms with Crippen LogP contribution in [0.5, 0.6) is 11.5 Å². The Morgan fingerprint density at radius 1 is 0.639 bits per heavy atom. The van der Waals surface area contributed by atoms with Crippen molar-refractivity contribution in [1.82, 2.24) is 0 Å². The molecule has 1 radical (unpaired) electrons. The van der Waals surface area contributed by atoms with Crippen LogP contribution in [0.3, 0.4) is 0 Å². The fraction of sp³-hybridized carbons (Fsp3) is 0.645. The third-order valence-electron chi connectivity index (χ3n) is 4.50. The Hall–Kier alpha value is -0.191. The Kier molecular flexibility index (Phi) is 19.9. The molecule has 0 aromatic heterocycles. The third kappa shape index (κ3) is 18.1. The first-order valence-electron chi connectivity index (χ1n) is 12.3. The van der Waals surface area contributed by atoms with Crippen LogP contribution in [0.15, 0.2) is 44.0 Å². The fourth-order valence-corrected chi connectivity index (χ4v) is 10.0. The van der Waals surface area contributed by atoms with Crippen molar-refractivity contribution in [3.05, 3.63) is 57.5 Å². The van der Waals surface area contributed by atoms with Gasteiger partial charge in [0.1, 0.15) is 20.6 Å². The Morgan fingerprint density at radius 3 is 1.03 bits per heavy atom. The van der Waals surface area contributed by atoms with Gasteiger partial charge in [-0.05, 0) is 88.5 Å². The van der Waals surface area contributed by atoms with Crippen molar-refractivity contribution >= 4 is 16.3 Å². The number of benzene rings is 1. The second-order valence-corrected chi connectivity index (χ2v) is 21.5. The molecule has 0 N–H and O–H groups in total. The van der Waals surface area contributed by atoms with E-state index in [-0.39, 0.29) is 48.2 Å². The van der Waals surface area contributed by atoms with Crippen LogP contribution in [-0.4, -0.2) is 20.6 Å². The first-order chi connectivity index (χ1) is 15.0. The van der Waals surface area contributed by atoms with E-state index in [0.29, 0.717) is 5.41 Å². The van der Waals surface area contributed by atoms with Gasteiger partial charge >= 0.3 is 0 Å². The van der Waals surface area contributed by atoms with E-state index in [0.717, 1.165) is 11.5 Å².